The Bertz CT molecular complexity index is 618. The van der Waals surface area contributed by atoms with E-state index < -0.39 is 11.9 Å². The fraction of sp³-hybridized carbons (Fsp3) is 0.333. The van der Waals surface area contributed by atoms with Crippen LogP contribution in [0, 0.1) is 5.82 Å². The number of ether oxygens (including phenoxy) is 1. The number of hydrogen-bond acceptors (Lipinski definition) is 2. The molecule has 0 bridgehead atoms. The van der Waals surface area contributed by atoms with E-state index in [2.05, 4.69) is 12.1 Å². The van der Waals surface area contributed by atoms with E-state index in [4.69, 9.17) is 4.74 Å². The highest BCUT2D eigenvalue weighted by atomic mass is 19.1. The van der Waals surface area contributed by atoms with E-state index in [1.54, 1.807) is 6.07 Å². The van der Waals surface area contributed by atoms with Gasteiger partial charge in [0.25, 0.3) is 0 Å². The van der Waals surface area contributed by atoms with Crippen LogP contribution in [0.15, 0.2) is 42.5 Å². The Hall–Kier alpha value is -1.87. The highest BCUT2D eigenvalue weighted by Gasteiger charge is 2.20. The van der Waals surface area contributed by atoms with Gasteiger partial charge in [-0.2, -0.15) is 0 Å². The van der Waals surface area contributed by atoms with Gasteiger partial charge in [-0.1, -0.05) is 36.8 Å². The van der Waals surface area contributed by atoms with Crippen molar-refractivity contribution < 1.29 is 14.2 Å². The Morgan fingerprint density at radius 3 is 2.29 bits per heavy atom. The Labute approximate surface area is 124 Å². The highest BCUT2D eigenvalue weighted by molar-refractivity contribution is 5.36. The van der Waals surface area contributed by atoms with Crippen molar-refractivity contribution in [3.63, 3.8) is 0 Å². The molecule has 0 amide bonds. The van der Waals surface area contributed by atoms with Crippen LogP contribution in [0.2, 0.25) is 0 Å². The zero-order chi connectivity index (χ0) is 14.8. The molecule has 0 aliphatic heterocycles. The summed E-state index contributed by atoms with van der Waals surface area (Å²) >= 11 is 0. The maximum Gasteiger partial charge on any atom is 0.165 e. The minimum Gasteiger partial charge on any atom is -0.494 e. The first-order valence-corrected chi connectivity index (χ1v) is 7.30. The van der Waals surface area contributed by atoms with Crippen molar-refractivity contribution in [1.29, 1.82) is 0 Å². The van der Waals surface area contributed by atoms with E-state index in [0.29, 0.717) is 11.5 Å². The van der Waals surface area contributed by atoms with E-state index in [0.717, 1.165) is 5.56 Å². The van der Waals surface area contributed by atoms with Crippen LogP contribution >= 0.6 is 0 Å². The molecule has 0 spiro atoms. The third-order valence-electron chi connectivity index (χ3n) is 4.32. The largest absolute Gasteiger partial charge is 0.494 e. The lowest BCUT2D eigenvalue weighted by atomic mass is 9.80. The third-order valence-corrected chi connectivity index (χ3v) is 4.32. The summed E-state index contributed by atoms with van der Waals surface area (Å²) in [6.45, 7) is 0. The van der Waals surface area contributed by atoms with Crippen LogP contribution < -0.4 is 4.74 Å². The average molecular weight is 286 g/mol. The molecule has 1 aliphatic rings. The topological polar surface area (TPSA) is 29.5 Å². The van der Waals surface area contributed by atoms with Gasteiger partial charge in [-0.05, 0) is 47.6 Å². The third kappa shape index (κ3) is 2.79. The normalized spacial score (nSPS) is 16.3. The molecule has 2 aromatic rings. The molecule has 1 fully saturated rings. The number of rotatable bonds is 4. The quantitative estimate of drug-likeness (QED) is 0.913. The lowest BCUT2D eigenvalue weighted by Crippen LogP contribution is -2.09. The molecular weight excluding hydrogens is 267 g/mol. The van der Waals surface area contributed by atoms with Crippen LogP contribution in [0.5, 0.6) is 5.75 Å². The van der Waals surface area contributed by atoms with Crippen molar-refractivity contribution in [2.24, 2.45) is 0 Å². The van der Waals surface area contributed by atoms with Gasteiger partial charge in [-0.25, -0.2) is 4.39 Å². The summed E-state index contributed by atoms with van der Waals surface area (Å²) in [7, 11) is 1.42. The number of halogens is 1. The first-order chi connectivity index (χ1) is 10.2. The Balaban J connectivity index is 1.80. The maximum absolute atomic E-state index is 13.7. The number of aliphatic hydroxyl groups is 1. The van der Waals surface area contributed by atoms with Crippen LogP contribution in [-0.2, 0) is 0 Å². The van der Waals surface area contributed by atoms with Crippen molar-refractivity contribution in [2.75, 3.05) is 7.11 Å². The SMILES string of the molecule is COc1ccc(C(O)c2ccc(C3CCC3)cc2)cc1F. The lowest BCUT2D eigenvalue weighted by Gasteiger charge is -2.26. The van der Waals surface area contributed by atoms with Gasteiger partial charge in [-0.3, -0.25) is 0 Å². The van der Waals surface area contributed by atoms with Crippen LogP contribution in [0.4, 0.5) is 4.39 Å². The van der Waals surface area contributed by atoms with Crippen LogP contribution in [0.25, 0.3) is 0 Å². The van der Waals surface area contributed by atoms with Crippen molar-refractivity contribution in [1.82, 2.24) is 0 Å². The van der Waals surface area contributed by atoms with Crippen molar-refractivity contribution in [2.45, 2.75) is 31.3 Å². The summed E-state index contributed by atoms with van der Waals surface area (Å²) in [6, 6.07) is 12.6. The van der Waals surface area contributed by atoms with Gasteiger partial charge in [0.2, 0.25) is 0 Å². The van der Waals surface area contributed by atoms with Gasteiger partial charge in [-0.15, -0.1) is 0 Å². The predicted molar refractivity (Wildman–Crippen MR) is 80.0 cm³/mol. The molecule has 21 heavy (non-hydrogen) atoms. The predicted octanol–water partition coefficient (Wildman–Crippen LogP) is 4.18. The minimum absolute atomic E-state index is 0.186. The summed E-state index contributed by atoms with van der Waals surface area (Å²) in [4.78, 5) is 0. The monoisotopic (exact) mass is 286 g/mol. The molecule has 1 atom stereocenters. The van der Waals surface area contributed by atoms with Crippen LogP contribution in [0.1, 0.15) is 48.0 Å². The summed E-state index contributed by atoms with van der Waals surface area (Å²) < 4.78 is 18.6. The number of methoxy groups -OCH3 is 1. The van der Waals surface area contributed by atoms with Crippen molar-refractivity contribution in [3.8, 4) is 5.75 Å². The van der Waals surface area contributed by atoms with Gasteiger partial charge in [0, 0.05) is 0 Å². The number of benzene rings is 2. The molecule has 1 unspecified atom stereocenters. The van der Waals surface area contributed by atoms with Gasteiger partial charge in [0.1, 0.15) is 6.10 Å². The molecule has 2 nitrogen and oxygen atoms in total. The molecule has 110 valence electrons. The number of aliphatic hydroxyl groups excluding tert-OH is 1. The summed E-state index contributed by atoms with van der Waals surface area (Å²) in [6.07, 6.45) is 3.00. The van der Waals surface area contributed by atoms with E-state index >= 15 is 0 Å². The van der Waals surface area contributed by atoms with Crippen molar-refractivity contribution in [3.05, 3.63) is 65.0 Å². The molecule has 0 aromatic heterocycles. The number of hydrogen-bond donors (Lipinski definition) is 1. The summed E-state index contributed by atoms with van der Waals surface area (Å²) in [5.74, 6) is 0.404. The average Bonchev–Trinajstić information content (AvgIpc) is 2.45. The van der Waals surface area contributed by atoms with Gasteiger partial charge < -0.3 is 9.84 Å². The molecule has 0 radical (unpaired) electrons. The van der Waals surface area contributed by atoms with Gasteiger partial charge >= 0.3 is 0 Å². The van der Waals surface area contributed by atoms with Crippen molar-refractivity contribution >= 4 is 0 Å². The van der Waals surface area contributed by atoms with E-state index in [1.807, 2.05) is 12.1 Å². The van der Waals surface area contributed by atoms with E-state index in [9.17, 15) is 9.50 Å². The highest BCUT2D eigenvalue weighted by Crippen LogP contribution is 2.37. The molecule has 0 heterocycles. The maximum atomic E-state index is 13.7. The lowest BCUT2D eigenvalue weighted by molar-refractivity contribution is 0.219. The molecule has 2 aromatic carbocycles. The summed E-state index contributed by atoms with van der Waals surface area (Å²) in [5, 5.41) is 10.4. The molecule has 1 N–H and O–H groups in total. The smallest absolute Gasteiger partial charge is 0.165 e. The minimum atomic E-state index is -0.819. The van der Waals surface area contributed by atoms with E-state index in [1.165, 1.54) is 44.1 Å². The van der Waals surface area contributed by atoms with Crippen LogP contribution in [0.3, 0.4) is 0 Å². The first kappa shape index (κ1) is 14.1. The van der Waals surface area contributed by atoms with E-state index in [-0.39, 0.29) is 5.75 Å². The molecule has 3 heteroatoms. The molecular formula is C18H19FO2. The Morgan fingerprint density at radius 1 is 1.10 bits per heavy atom. The summed E-state index contributed by atoms with van der Waals surface area (Å²) in [5.41, 5.74) is 2.64. The standard InChI is InChI=1S/C18H19FO2/c1-21-17-10-9-15(11-16(17)19)18(20)14-7-5-13(6-8-14)12-3-2-4-12/h5-12,18,20H,2-4H2,1H3. The zero-order valence-corrected chi connectivity index (χ0v) is 12.1. The zero-order valence-electron chi connectivity index (χ0n) is 12.1. The Kier molecular flexibility index (Phi) is 3.93. The Morgan fingerprint density at radius 2 is 1.76 bits per heavy atom. The molecule has 1 saturated carbocycles. The molecule has 0 saturated heterocycles. The van der Waals surface area contributed by atoms with Gasteiger partial charge in [0.05, 0.1) is 7.11 Å². The second-order valence-corrected chi connectivity index (χ2v) is 5.59. The van der Waals surface area contributed by atoms with Crippen LogP contribution in [-0.4, -0.2) is 12.2 Å². The first-order valence-electron chi connectivity index (χ1n) is 7.30. The van der Waals surface area contributed by atoms with Gasteiger partial charge in [0.15, 0.2) is 11.6 Å². The molecule has 3 rings (SSSR count). The fourth-order valence-corrected chi connectivity index (χ4v) is 2.74. The second kappa shape index (κ2) is 5.86. The second-order valence-electron chi connectivity index (χ2n) is 5.59. The molecule has 1 aliphatic carbocycles. The fourth-order valence-electron chi connectivity index (χ4n) is 2.74.